The maximum atomic E-state index is 5.91. The van der Waals surface area contributed by atoms with E-state index in [4.69, 9.17) is 15.2 Å². The van der Waals surface area contributed by atoms with Gasteiger partial charge in [0.15, 0.2) is 11.5 Å². The molecule has 1 aromatic heterocycles. The fourth-order valence-electron chi connectivity index (χ4n) is 2.30. The summed E-state index contributed by atoms with van der Waals surface area (Å²) >= 11 is 0. The van der Waals surface area contributed by atoms with Gasteiger partial charge < -0.3 is 15.2 Å². The highest BCUT2D eigenvalue weighted by molar-refractivity contribution is 5.40. The standard InChI is InChI=1S/C15H17N3O2/c1-10-8-11(18-15(16)17-10)6-7-12-9-19-13-4-2-3-5-14(13)20-12/h2-5,8,12H,6-7,9H2,1H3,(H2,16,17,18). The van der Waals surface area contributed by atoms with Crippen molar-refractivity contribution in [2.75, 3.05) is 12.3 Å². The highest BCUT2D eigenvalue weighted by Gasteiger charge is 2.20. The molecule has 1 aliphatic heterocycles. The molecule has 1 atom stereocenters. The van der Waals surface area contributed by atoms with Gasteiger partial charge in [0.1, 0.15) is 12.7 Å². The molecule has 2 heterocycles. The van der Waals surface area contributed by atoms with Crippen molar-refractivity contribution in [1.82, 2.24) is 9.97 Å². The highest BCUT2D eigenvalue weighted by Crippen LogP contribution is 2.31. The lowest BCUT2D eigenvalue weighted by molar-refractivity contribution is 0.0849. The SMILES string of the molecule is Cc1cc(CCC2COc3ccccc3O2)nc(N)n1. The zero-order valence-corrected chi connectivity index (χ0v) is 11.4. The molecule has 104 valence electrons. The second-order valence-corrected chi connectivity index (χ2v) is 4.90. The number of rotatable bonds is 3. The van der Waals surface area contributed by atoms with Crippen molar-refractivity contribution in [1.29, 1.82) is 0 Å². The summed E-state index contributed by atoms with van der Waals surface area (Å²) in [4.78, 5) is 8.30. The molecule has 2 aromatic rings. The van der Waals surface area contributed by atoms with Crippen LogP contribution in [0.4, 0.5) is 5.95 Å². The number of hydrogen-bond donors (Lipinski definition) is 1. The van der Waals surface area contributed by atoms with E-state index in [1.54, 1.807) is 0 Å². The normalized spacial score (nSPS) is 16.9. The summed E-state index contributed by atoms with van der Waals surface area (Å²) in [6.07, 6.45) is 1.68. The molecule has 2 N–H and O–H groups in total. The molecule has 0 saturated carbocycles. The van der Waals surface area contributed by atoms with Gasteiger partial charge in [0.2, 0.25) is 5.95 Å². The Bertz CT molecular complexity index is 596. The van der Waals surface area contributed by atoms with Crippen LogP contribution in [0.25, 0.3) is 0 Å². The first-order valence-corrected chi connectivity index (χ1v) is 6.69. The summed E-state index contributed by atoms with van der Waals surface area (Å²) in [5.74, 6) is 1.94. The van der Waals surface area contributed by atoms with E-state index in [2.05, 4.69) is 9.97 Å². The van der Waals surface area contributed by atoms with Crippen LogP contribution in [-0.2, 0) is 6.42 Å². The third-order valence-corrected chi connectivity index (χ3v) is 3.21. The van der Waals surface area contributed by atoms with E-state index in [1.165, 1.54) is 0 Å². The summed E-state index contributed by atoms with van der Waals surface area (Å²) in [6.45, 7) is 2.48. The van der Waals surface area contributed by atoms with Crippen molar-refractivity contribution in [3.63, 3.8) is 0 Å². The van der Waals surface area contributed by atoms with Gasteiger partial charge in [-0.2, -0.15) is 0 Å². The molecule has 0 aliphatic carbocycles. The molecule has 5 heteroatoms. The number of para-hydroxylation sites is 2. The molecule has 3 rings (SSSR count). The molecule has 20 heavy (non-hydrogen) atoms. The van der Waals surface area contributed by atoms with Crippen LogP contribution in [0.2, 0.25) is 0 Å². The lowest BCUT2D eigenvalue weighted by Gasteiger charge is -2.26. The second-order valence-electron chi connectivity index (χ2n) is 4.90. The number of aryl methyl sites for hydroxylation is 2. The van der Waals surface area contributed by atoms with Crippen LogP contribution in [0.15, 0.2) is 30.3 Å². The van der Waals surface area contributed by atoms with E-state index >= 15 is 0 Å². The van der Waals surface area contributed by atoms with Crippen LogP contribution in [0, 0.1) is 6.92 Å². The monoisotopic (exact) mass is 271 g/mol. The van der Waals surface area contributed by atoms with Gasteiger partial charge in [-0.25, -0.2) is 9.97 Å². The smallest absolute Gasteiger partial charge is 0.220 e. The van der Waals surface area contributed by atoms with Crippen molar-refractivity contribution in [2.45, 2.75) is 25.9 Å². The molecular formula is C15H17N3O2. The Kier molecular flexibility index (Phi) is 3.41. The molecule has 0 saturated heterocycles. The third kappa shape index (κ3) is 2.82. The fourth-order valence-corrected chi connectivity index (χ4v) is 2.30. The predicted molar refractivity (Wildman–Crippen MR) is 75.9 cm³/mol. The number of anilines is 1. The van der Waals surface area contributed by atoms with Gasteiger partial charge in [-0.3, -0.25) is 0 Å². The highest BCUT2D eigenvalue weighted by atomic mass is 16.6. The summed E-state index contributed by atoms with van der Waals surface area (Å²) < 4.78 is 11.6. The Labute approximate surface area is 117 Å². The number of hydrogen-bond acceptors (Lipinski definition) is 5. The van der Waals surface area contributed by atoms with E-state index in [0.717, 1.165) is 35.7 Å². The number of aromatic nitrogens is 2. The van der Waals surface area contributed by atoms with Gasteiger partial charge >= 0.3 is 0 Å². The Morgan fingerprint density at radius 1 is 1.25 bits per heavy atom. The summed E-state index contributed by atoms with van der Waals surface area (Å²) in [5, 5.41) is 0. The minimum absolute atomic E-state index is 0.0430. The lowest BCUT2D eigenvalue weighted by Crippen LogP contribution is -2.29. The van der Waals surface area contributed by atoms with Gasteiger partial charge in [-0.05, 0) is 38.0 Å². The van der Waals surface area contributed by atoms with E-state index in [1.807, 2.05) is 37.3 Å². The quantitative estimate of drug-likeness (QED) is 0.926. The van der Waals surface area contributed by atoms with Crippen molar-refractivity contribution >= 4 is 5.95 Å². The maximum absolute atomic E-state index is 5.91. The maximum Gasteiger partial charge on any atom is 0.220 e. The average molecular weight is 271 g/mol. The topological polar surface area (TPSA) is 70.3 Å². The molecular weight excluding hydrogens is 254 g/mol. The van der Waals surface area contributed by atoms with E-state index in [9.17, 15) is 0 Å². The van der Waals surface area contributed by atoms with Crippen LogP contribution in [0.3, 0.4) is 0 Å². The summed E-state index contributed by atoms with van der Waals surface area (Å²) in [7, 11) is 0. The molecule has 0 bridgehead atoms. The largest absolute Gasteiger partial charge is 0.486 e. The number of nitrogens with two attached hydrogens (primary N) is 1. The molecule has 0 amide bonds. The minimum Gasteiger partial charge on any atom is -0.486 e. The Hall–Kier alpha value is -2.30. The molecule has 5 nitrogen and oxygen atoms in total. The van der Waals surface area contributed by atoms with Crippen LogP contribution < -0.4 is 15.2 Å². The van der Waals surface area contributed by atoms with Crippen molar-refractivity contribution in [3.8, 4) is 11.5 Å². The first kappa shape index (κ1) is 12.7. The number of fused-ring (bicyclic) bond motifs is 1. The molecule has 1 unspecified atom stereocenters. The zero-order valence-electron chi connectivity index (χ0n) is 11.4. The molecule has 0 radical (unpaired) electrons. The van der Waals surface area contributed by atoms with Gasteiger partial charge in [0.05, 0.1) is 0 Å². The molecule has 0 spiro atoms. The number of benzene rings is 1. The van der Waals surface area contributed by atoms with Crippen molar-refractivity contribution < 1.29 is 9.47 Å². The van der Waals surface area contributed by atoms with Gasteiger partial charge in [0, 0.05) is 11.4 Å². The van der Waals surface area contributed by atoms with Crippen LogP contribution in [0.1, 0.15) is 17.8 Å². The van der Waals surface area contributed by atoms with E-state index < -0.39 is 0 Å². The lowest BCUT2D eigenvalue weighted by atomic mass is 10.1. The average Bonchev–Trinajstić information content (AvgIpc) is 2.44. The van der Waals surface area contributed by atoms with Crippen molar-refractivity contribution in [3.05, 3.63) is 41.7 Å². The van der Waals surface area contributed by atoms with Crippen LogP contribution in [-0.4, -0.2) is 22.7 Å². The molecule has 1 aromatic carbocycles. The number of nitrogens with zero attached hydrogens (tertiary/aromatic N) is 2. The summed E-state index contributed by atoms with van der Waals surface area (Å²) in [5.41, 5.74) is 7.48. The van der Waals surface area contributed by atoms with Crippen molar-refractivity contribution in [2.24, 2.45) is 0 Å². The fraction of sp³-hybridized carbons (Fsp3) is 0.333. The Balaban J connectivity index is 1.62. The number of ether oxygens (including phenoxy) is 2. The van der Waals surface area contributed by atoms with Gasteiger partial charge in [-0.15, -0.1) is 0 Å². The first-order valence-electron chi connectivity index (χ1n) is 6.69. The van der Waals surface area contributed by atoms with Gasteiger partial charge in [-0.1, -0.05) is 12.1 Å². The Morgan fingerprint density at radius 2 is 2.05 bits per heavy atom. The minimum atomic E-state index is 0.0430. The first-order chi connectivity index (χ1) is 9.70. The second kappa shape index (κ2) is 5.36. The third-order valence-electron chi connectivity index (χ3n) is 3.21. The number of nitrogen functional groups attached to an aromatic ring is 1. The van der Waals surface area contributed by atoms with E-state index in [-0.39, 0.29) is 6.10 Å². The van der Waals surface area contributed by atoms with Crippen LogP contribution in [0.5, 0.6) is 11.5 Å². The summed E-state index contributed by atoms with van der Waals surface area (Å²) in [6, 6.07) is 9.68. The molecule has 0 fully saturated rings. The van der Waals surface area contributed by atoms with E-state index in [0.29, 0.717) is 12.6 Å². The molecule has 1 aliphatic rings. The zero-order chi connectivity index (χ0) is 13.9. The predicted octanol–water partition coefficient (Wildman–Crippen LogP) is 2.14. The van der Waals surface area contributed by atoms with Gasteiger partial charge in [0.25, 0.3) is 0 Å². The Morgan fingerprint density at radius 3 is 2.85 bits per heavy atom. The van der Waals surface area contributed by atoms with Crippen LogP contribution >= 0.6 is 0 Å².